The van der Waals surface area contributed by atoms with E-state index in [9.17, 15) is 9.59 Å². The molecule has 0 aromatic heterocycles. The van der Waals surface area contributed by atoms with Gasteiger partial charge in [0, 0.05) is 32.5 Å². The summed E-state index contributed by atoms with van der Waals surface area (Å²) in [4.78, 5) is 25.4. The molecule has 118 valence electrons. The van der Waals surface area contributed by atoms with Crippen LogP contribution in [0.5, 0.6) is 0 Å². The first-order chi connectivity index (χ1) is 10.6. The highest BCUT2D eigenvalue weighted by Crippen LogP contribution is 2.23. The van der Waals surface area contributed by atoms with E-state index >= 15 is 0 Å². The fourth-order valence-electron chi connectivity index (χ4n) is 3.53. The lowest BCUT2D eigenvalue weighted by atomic mass is 9.95. The number of hydrogen-bond acceptors (Lipinski definition) is 2. The number of nitrogens with one attached hydrogen (secondary N) is 1. The SMILES string of the molecule is CC(=O)N1CCC(C(=O)NCc2ccc3c(c2)CCC3)CC1. The zero-order chi connectivity index (χ0) is 15.5. The Bertz CT molecular complexity index is 574. The van der Waals surface area contributed by atoms with Gasteiger partial charge in [-0.1, -0.05) is 18.2 Å². The van der Waals surface area contributed by atoms with E-state index in [0.717, 1.165) is 12.8 Å². The molecule has 1 saturated heterocycles. The number of likely N-dealkylation sites (tertiary alicyclic amines) is 1. The van der Waals surface area contributed by atoms with Crippen LogP contribution < -0.4 is 5.32 Å². The lowest BCUT2D eigenvalue weighted by molar-refractivity contribution is -0.134. The van der Waals surface area contributed by atoms with Crippen LogP contribution in [0, 0.1) is 5.92 Å². The second-order valence-electron chi connectivity index (χ2n) is 6.45. The summed E-state index contributed by atoms with van der Waals surface area (Å²) in [6, 6.07) is 6.57. The Morgan fingerprint density at radius 3 is 2.64 bits per heavy atom. The zero-order valence-corrected chi connectivity index (χ0v) is 13.2. The third-order valence-electron chi connectivity index (χ3n) is 4.94. The van der Waals surface area contributed by atoms with Crippen molar-refractivity contribution in [3.63, 3.8) is 0 Å². The Labute approximate surface area is 131 Å². The van der Waals surface area contributed by atoms with Crippen LogP contribution in [0.25, 0.3) is 0 Å². The molecular formula is C18H24N2O2. The molecule has 2 amide bonds. The molecule has 22 heavy (non-hydrogen) atoms. The van der Waals surface area contributed by atoms with Crippen molar-refractivity contribution in [1.82, 2.24) is 10.2 Å². The molecule has 1 aromatic carbocycles. The Morgan fingerprint density at radius 2 is 1.91 bits per heavy atom. The molecule has 0 radical (unpaired) electrons. The number of carbonyl (C=O) groups is 2. The summed E-state index contributed by atoms with van der Waals surface area (Å²) >= 11 is 0. The molecule has 0 bridgehead atoms. The van der Waals surface area contributed by atoms with E-state index in [-0.39, 0.29) is 17.7 Å². The largest absolute Gasteiger partial charge is 0.352 e. The van der Waals surface area contributed by atoms with Gasteiger partial charge in [0.05, 0.1) is 0 Å². The van der Waals surface area contributed by atoms with E-state index in [1.165, 1.54) is 36.0 Å². The van der Waals surface area contributed by atoms with Crippen LogP contribution >= 0.6 is 0 Å². The Morgan fingerprint density at radius 1 is 1.18 bits per heavy atom. The van der Waals surface area contributed by atoms with Gasteiger partial charge >= 0.3 is 0 Å². The first kappa shape index (κ1) is 15.1. The minimum absolute atomic E-state index is 0.0463. The highest BCUT2D eigenvalue weighted by Gasteiger charge is 2.25. The van der Waals surface area contributed by atoms with Crippen LogP contribution in [0.15, 0.2) is 18.2 Å². The highest BCUT2D eigenvalue weighted by molar-refractivity contribution is 5.79. The Kier molecular flexibility index (Phi) is 4.46. The van der Waals surface area contributed by atoms with Gasteiger partial charge in [-0.25, -0.2) is 0 Å². The van der Waals surface area contributed by atoms with Crippen LogP contribution in [-0.2, 0) is 29.0 Å². The number of piperidine rings is 1. The van der Waals surface area contributed by atoms with Crippen molar-refractivity contribution in [1.29, 1.82) is 0 Å². The first-order valence-electron chi connectivity index (χ1n) is 8.27. The van der Waals surface area contributed by atoms with Gasteiger partial charge in [-0.3, -0.25) is 9.59 Å². The first-order valence-corrected chi connectivity index (χ1v) is 8.27. The molecule has 1 heterocycles. The minimum Gasteiger partial charge on any atom is -0.352 e. The molecule has 0 spiro atoms. The quantitative estimate of drug-likeness (QED) is 0.929. The van der Waals surface area contributed by atoms with Crippen molar-refractivity contribution in [3.8, 4) is 0 Å². The molecule has 1 aromatic rings. The third-order valence-corrected chi connectivity index (χ3v) is 4.94. The van der Waals surface area contributed by atoms with Crippen molar-refractivity contribution < 1.29 is 9.59 Å². The van der Waals surface area contributed by atoms with Gasteiger partial charge < -0.3 is 10.2 Å². The van der Waals surface area contributed by atoms with Crippen molar-refractivity contribution in [2.24, 2.45) is 5.92 Å². The molecule has 1 N–H and O–H groups in total. The van der Waals surface area contributed by atoms with Crippen molar-refractivity contribution >= 4 is 11.8 Å². The molecule has 2 aliphatic rings. The van der Waals surface area contributed by atoms with Gasteiger partial charge in [0.15, 0.2) is 0 Å². The van der Waals surface area contributed by atoms with E-state index in [0.29, 0.717) is 19.6 Å². The summed E-state index contributed by atoms with van der Waals surface area (Å²) in [7, 11) is 0. The molecule has 4 heteroatoms. The van der Waals surface area contributed by atoms with Gasteiger partial charge in [0.25, 0.3) is 0 Å². The van der Waals surface area contributed by atoms with Gasteiger partial charge in [-0.2, -0.15) is 0 Å². The lowest BCUT2D eigenvalue weighted by Gasteiger charge is -2.30. The average molecular weight is 300 g/mol. The topological polar surface area (TPSA) is 49.4 Å². The van der Waals surface area contributed by atoms with E-state index in [4.69, 9.17) is 0 Å². The fraction of sp³-hybridized carbons (Fsp3) is 0.556. The van der Waals surface area contributed by atoms with Crippen molar-refractivity contribution in [3.05, 3.63) is 34.9 Å². The number of aryl methyl sites for hydroxylation is 2. The average Bonchev–Trinajstić information content (AvgIpc) is 3.00. The van der Waals surface area contributed by atoms with Gasteiger partial charge in [-0.15, -0.1) is 0 Å². The van der Waals surface area contributed by atoms with Gasteiger partial charge in [0.1, 0.15) is 0 Å². The molecule has 1 fully saturated rings. The number of benzene rings is 1. The number of rotatable bonds is 3. The third kappa shape index (κ3) is 3.32. The number of nitrogens with zero attached hydrogens (tertiary/aromatic N) is 1. The number of fused-ring (bicyclic) bond motifs is 1. The fourth-order valence-corrected chi connectivity index (χ4v) is 3.53. The number of hydrogen-bond donors (Lipinski definition) is 1. The summed E-state index contributed by atoms with van der Waals surface area (Å²) in [5, 5.41) is 3.06. The van der Waals surface area contributed by atoms with Gasteiger partial charge in [-0.05, 0) is 48.8 Å². The minimum atomic E-state index is 0.0463. The highest BCUT2D eigenvalue weighted by atomic mass is 16.2. The Hall–Kier alpha value is -1.84. The van der Waals surface area contributed by atoms with Gasteiger partial charge in [0.2, 0.25) is 11.8 Å². The molecular weight excluding hydrogens is 276 g/mol. The monoisotopic (exact) mass is 300 g/mol. The summed E-state index contributed by atoms with van der Waals surface area (Å²) in [5.41, 5.74) is 4.10. The van der Waals surface area contributed by atoms with Crippen LogP contribution in [0.3, 0.4) is 0 Å². The molecule has 1 aliphatic carbocycles. The zero-order valence-electron chi connectivity index (χ0n) is 13.2. The Balaban J connectivity index is 1.49. The molecule has 0 atom stereocenters. The summed E-state index contributed by atoms with van der Waals surface area (Å²) in [5.74, 6) is 0.283. The maximum Gasteiger partial charge on any atom is 0.223 e. The molecule has 0 saturated carbocycles. The molecule has 0 unspecified atom stereocenters. The number of amides is 2. The van der Waals surface area contributed by atoms with E-state index < -0.39 is 0 Å². The second kappa shape index (κ2) is 6.51. The molecule has 3 rings (SSSR count). The predicted octanol–water partition coefficient (Wildman–Crippen LogP) is 2.05. The van der Waals surface area contributed by atoms with E-state index in [2.05, 4.69) is 23.5 Å². The number of carbonyl (C=O) groups excluding carboxylic acids is 2. The summed E-state index contributed by atoms with van der Waals surface area (Å²) < 4.78 is 0. The van der Waals surface area contributed by atoms with Crippen LogP contribution in [0.1, 0.15) is 42.9 Å². The summed E-state index contributed by atoms with van der Waals surface area (Å²) in [6.07, 6.45) is 5.16. The van der Waals surface area contributed by atoms with Crippen molar-refractivity contribution in [2.45, 2.75) is 45.6 Å². The predicted molar refractivity (Wildman–Crippen MR) is 85.3 cm³/mol. The van der Waals surface area contributed by atoms with Crippen molar-refractivity contribution in [2.75, 3.05) is 13.1 Å². The van der Waals surface area contributed by atoms with Crippen LogP contribution in [-0.4, -0.2) is 29.8 Å². The second-order valence-corrected chi connectivity index (χ2v) is 6.45. The van der Waals surface area contributed by atoms with E-state index in [1.54, 1.807) is 6.92 Å². The van der Waals surface area contributed by atoms with Crippen LogP contribution in [0.2, 0.25) is 0 Å². The molecule has 1 aliphatic heterocycles. The normalized spacial score (nSPS) is 18.1. The maximum absolute atomic E-state index is 12.3. The lowest BCUT2D eigenvalue weighted by Crippen LogP contribution is -2.42. The maximum atomic E-state index is 12.3. The smallest absolute Gasteiger partial charge is 0.223 e. The van der Waals surface area contributed by atoms with Crippen LogP contribution in [0.4, 0.5) is 0 Å². The standard InChI is InChI=1S/C18H24N2O2/c1-13(21)20-9-7-16(8-10-20)18(22)19-12-14-5-6-15-3-2-4-17(15)11-14/h5-6,11,16H,2-4,7-10,12H2,1H3,(H,19,22). The molecule has 4 nitrogen and oxygen atoms in total. The van der Waals surface area contributed by atoms with E-state index in [1.807, 2.05) is 4.90 Å². The summed E-state index contributed by atoms with van der Waals surface area (Å²) in [6.45, 7) is 3.60.